The van der Waals surface area contributed by atoms with Crippen molar-refractivity contribution < 1.29 is 9.53 Å². The third kappa shape index (κ3) is 11.7. The molecule has 2 heteroatoms. The van der Waals surface area contributed by atoms with E-state index in [0.29, 0.717) is 6.42 Å². The summed E-state index contributed by atoms with van der Waals surface area (Å²) in [6.07, 6.45) is 5.54. The van der Waals surface area contributed by atoms with Gasteiger partial charge in [-0.15, -0.1) is 0 Å². The van der Waals surface area contributed by atoms with Crippen molar-refractivity contribution in [2.75, 3.05) is 0 Å². The molecule has 2 rings (SSSR count). The van der Waals surface area contributed by atoms with E-state index in [2.05, 4.69) is 35.5 Å². The zero-order valence-electron chi connectivity index (χ0n) is 20.1. The summed E-state index contributed by atoms with van der Waals surface area (Å²) in [6.45, 7) is 5.59. The monoisotopic (exact) mass is 438 g/mol. The van der Waals surface area contributed by atoms with Gasteiger partial charge in [0.25, 0.3) is 0 Å². The number of esters is 1. The molecule has 0 N–H and O–H groups in total. The van der Waals surface area contributed by atoms with Crippen LogP contribution in [-0.4, -0.2) is 12.1 Å². The second kappa shape index (κ2) is 14.6. The van der Waals surface area contributed by atoms with Gasteiger partial charge in [0.15, 0.2) is 6.10 Å². The van der Waals surface area contributed by atoms with Gasteiger partial charge in [0, 0.05) is 30.4 Å². The summed E-state index contributed by atoms with van der Waals surface area (Å²) in [5, 5.41) is 0. The zero-order chi connectivity index (χ0) is 23.8. The first kappa shape index (κ1) is 25.8. The van der Waals surface area contributed by atoms with Crippen molar-refractivity contribution in [3.8, 4) is 35.5 Å². The van der Waals surface area contributed by atoms with Crippen LogP contribution in [0.25, 0.3) is 0 Å². The van der Waals surface area contributed by atoms with Crippen LogP contribution in [0, 0.1) is 40.9 Å². The Hall–Kier alpha value is -3.41. The van der Waals surface area contributed by atoms with E-state index in [-0.39, 0.29) is 12.1 Å². The van der Waals surface area contributed by atoms with Gasteiger partial charge in [0.05, 0.1) is 5.41 Å². The molecule has 0 aromatic heterocycles. The van der Waals surface area contributed by atoms with E-state index < -0.39 is 5.41 Å². The van der Waals surface area contributed by atoms with Gasteiger partial charge in [0.2, 0.25) is 0 Å². The quantitative estimate of drug-likeness (QED) is 0.270. The van der Waals surface area contributed by atoms with E-state index in [1.165, 1.54) is 0 Å². The molecule has 0 saturated heterocycles. The van der Waals surface area contributed by atoms with Gasteiger partial charge in [-0.3, -0.25) is 4.79 Å². The summed E-state index contributed by atoms with van der Waals surface area (Å²) >= 11 is 0. The lowest BCUT2D eigenvalue weighted by molar-refractivity contribution is -0.156. The van der Waals surface area contributed by atoms with E-state index in [9.17, 15) is 4.79 Å². The maximum absolute atomic E-state index is 12.3. The van der Waals surface area contributed by atoms with Crippen LogP contribution in [0.1, 0.15) is 76.8 Å². The Balaban J connectivity index is 1.77. The van der Waals surface area contributed by atoms with Gasteiger partial charge in [-0.05, 0) is 70.7 Å². The molecule has 1 atom stereocenters. The van der Waals surface area contributed by atoms with Crippen LogP contribution >= 0.6 is 0 Å². The Bertz CT molecular complexity index is 1030. The number of unbranched alkanes of at least 4 members (excludes halogenated alkanes) is 4. The Labute approximate surface area is 200 Å². The molecule has 0 spiro atoms. The largest absolute Gasteiger partial charge is 0.449 e. The first-order valence-corrected chi connectivity index (χ1v) is 11.7. The SMILES string of the molecule is CC(C)(C)C(=O)OC(C#CCCCCC#Cc1ccccc1)CCCC#Cc1ccccc1. The highest BCUT2D eigenvalue weighted by molar-refractivity contribution is 5.75. The Kier molecular flexibility index (Phi) is 11.4. The number of benzene rings is 2. The minimum atomic E-state index is -0.537. The van der Waals surface area contributed by atoms with E-state index in [0.717, 1.165) is 49.7 Å². The maximum atomic E-state index is 12.3. The van der Waals surface area contributed by atoms with Crippen LogP contribution in [0.3, 0.4) is 0 Å². The molecule has 2 nitrogen and oxygen atoms in total. The zero-order valence-corrected chi connectivity index (χ0v) is 20.1. The van der Waals surface area contributed by atoms with Gasteiger partial charge in [-0.1, -0.05) is 71.9 Å². The predicted molar refractivity (Wildman–Crippen MR) is 136 cm³/mol. The number of hydrogen-bond acceptors (Lipinski definition) is 2. The topological polar surface area (TPSA) is 26.3 Å². The Morgan fingerprint density at radius 3 is 1.76 bits per heavy atom. The molecule has 0 aliphatic rings. The van der Waals surface area contributed by atoms with Crippen LogP contribution in [0.4, 0.5) is 0 Å². The van der Waals surface area contributed by atoms with Crippen LogP contribution < -0.4 is 0 Å². The van der Waals surface area contributed by atoms with Crippen LogP contribution in [-0.2, 0) is 9.53 Å². The molecule has 0 radical (unpaired) electrons. The van der Waals surface area contributed by atoms with E-state index >= 15 is 0 Å². The normalized spacial score (nSPS) is 11.0. The first-order valence-electron chi connectivity index (χ1n) is 11.7. The first-order chi connectivity index (χ1) is 15.9. The minimum Gasteiger partial charge on any atom is -0.449 e. The summed E-state index contributed by atoms with van der Waals surface area (Å²) in [4.78, 5) is 12.3. The molecule has 2 aromatic carbocycles. The lowest BCUT2D eigenvalue weighted by atomic mass is 9.97. The number of hydrogen-bond donors (Lipinski definition) is 0. The molecule has 0 amide bonds. The van der Waals surface area contributed by atoms with Crippen molar-refractivity contribution in [2.24, 2.45) is 5.41 Å². The molecular formula is C31H34O2. The molecule has 0 fully saturated rings. The average Bonchev–Trinajstić information content (AvgIpc) is 2.81. The fourth-order valence-electron chi connectivity index (χ4n) is 2.83. The highest BCUT2D eigenvalue weighted by atomic mass is 16.5. The number of ether oxygens (including phenoxy) is 1. The summed E-state index contributed by atoms with van der Waals surface area (Å²) in [5.74, 6) is 18.9. The molecule has 0 bridgehead atoms. The maximum Gasteiger partial charge on any atom is 0.312 e. The molecular weight excluding hydrogens is 404 g/mol. The van der Waals surface area contributed by atoms with Crippen LogP contribution in [0.5, 0.6) is 0 Å². The van der Waals surface area contributed by atoms with Gasteiger partial charge in [-0.25, -0.2) is 0 Å². The number of carbonyl (C=O) groups excluding carboxylic acids is 1. The highest BCUT2D eigenvalue weighted by Gasteiger charge is 2.25. The standard InChI is InChI=1S/C31H34O2/c1-31(2,3)30(32)33-29(26-18-10-16-24-28-22-14-9-15-23-28)25-17-7-5-4-6-11-19-27-20-12-8-13-21-27/h8-9,12-15,20-23,29H,4-7,10,18,26H2,1-3H3. The van der Waals surface area contributed by atoms with Crippen LogP contribution in [0.15, 0.2) is 60.7 Å². The Morgan fingerprint density at radius 2 is 1.24 bits per heavy atom. The molecule has 0 heterocycles. The molecule has 1 unspecified atom stereocenters. The van der Waals surface area contributed by atoms with Gasteiger partial charge >= 0.3 is 5.97 Å². The molecule has 2 aromatic rings. The lowest BCUT2D eigenvalue weighted by Crippen LogP contribution is -2.27. The fourth-order valence-corrected chi connectivity index (χ4v) is 2.83. The summed E-state index contributed by atoms with van der Waals surface area (Å²) in [5.41, 5.74) is 1.53. The van der Waals surface area contributed by atoms with E-state index in [1.54, 1.807) is 0 Å². The third-order valence-corrected chi connectivity index (χ3v) is 4.76. The average molecular weight is 439 g/mol. The number of rotatable bonds is 7. The second-order valence-electron chi connectivity index (χ2n) is 8.90. The third-order valence-electron chi connectivity index (χ3n) is 4.76. The molecule has 170 valence electrons. The predicted octanol–water partition coefficient (Wildman–Crippen LogP) is 6.78. The van der Waals surface area contributed by atoms with E-state index in [4.69, 9.17) is 4.74 Å². The van der Waals surface area contributed by atoms with Crippen molar-refractivity contribution in [3.05, 3.63) is 71.8 Å². The lowest BCUT2D eigenvalue weighted by Gasteiger charge is -2.20. The summed E-state index contributed by atoms with van der Waals surface area (Å²) < 4.78 is 5.69. The van der Waals surface area contributed by atoms with Crippen molar-refractivity contribution in [1.82, 2.24) is 0 Å². The van der Waals surface area contributed by atoms with Gasteiger partial charge < -0.3 is 4.74 Å². The van der Waals surface area contributed by atoms with Crippen molar-refractivity contribution >= 4 is 5.97 Å². The smallest absolute Gasteiger partial charge is 0.312 e. The van der Waals surface area contributed by atoms with Gasteiger partial charge in [0.1, 0.15) is 0 Å². The molecule has 0 saturated carbocycles. The van der Waals surface area contributed by atoms with Crippen molar-refractivity contribution in [3.63, 3.8) is 0 Å². The highest BCUT2D eigenvalue weighted by Crippen LogP contribution is 2.18. The Morgan fingerprint density at radius 1 is 0.758 bits per heavy atom. The molecule has 0 aliphatic heterocycles. The second-order valence-corrected chi connectivity index (χ2v) is 8.90. The summed E-state index contributed by atoms with van der Waals surface area (Å²) in [7, 11) is 0. The summed E-state index contributed by atoms with van der Waals surface area (Å²) in [6, 6.07) is 20.0. The molecule has 33 heavy (non-hydrogen) atoms. The van der Waals surface area contributed by atoms with Crippen LogP contribution in [0.2, 0.25) is 0 Å². The van der Waals surface area contributed by atoms with Gasteiger partial charge in [-0.2, -0.15) is 0 Å². The fraction of sp³-hybridized carbons (Fsp3) is 0.387. The molecule has 0 aliphatic carbocycles. The number of carbonyl (C=O) groups is 1. The van der Waals surface area contributed by atoms with E-state index in [1.807, 2.05) is 81.4 Å². The van der Waals surface area contributed by atoms with Crippen molar-refractivity contribution in [1.29, 1.82) is 0 Å². The minimum absolute atomic E-state index is 0.214. The van der Waals surface area contributed by atoms with Crippen molar-refractivity contribution in [2.45, 2.75) is 71.8 Å².